The standard InChI is InChI=1S/C27H32N2O6/c30-13-12-24(26(32)33)29-25(31)18-7-5-6-17(14-18)15-28-27(34)35-16-23-21-10-3-1-8-19(21)20-9-2-4-11-22(20)23/h1-4,8-11,17-18,23-24,30H,5-7,12-16H2,(H,28,34)(H,29,31)(H,32,33). The molecule has 2 aliphatic rings. The topological polar surface area (TPSA) is 125 Å². The number of benzene rings is 2. The molecule has 2 amide bonds. The van der Waals surface area contributed by atoms with Crippen molar-refractivity contribution in [2.75, 3.05) is 19.8 Å². The summed E-state index contributed by atoms with van der Waals surface area (Å²) < 4.78 is 5.59. The molecule has 0 aliphatic heterocycles. The molecule has 8 heteroatoms. The van der Waals surface area contributed by atoms with E-state index in [4.69, 9.17) is 9.84 Å². The van der Waals surface area contributed by atoms with E-state index >= 15 is 0 Å². The summed E-state index contributed by atoms with van der Waals surface area (Å²) in [6.45, 7) is 0.338. The zero-order valence-electron chi connectivity index (χ0n) is 19.6. The van der Waals surface area contributed by atoms with Gasteiger partial charge in [0.25, 0.3) is 0 Å². The Morgan fingerprint density at radius 2 is 1.66 bits per heavy atom. The molecule has 4 N–H and O–H groups in total. The van der Waals surface area contributed by atoms with Gasteiger partial charge in [-0.1, -0.05) is 55.0 Å². The highest BCUT2D eigenvalue weighted by Crippen LogP contribution is 2.44. The number of ether oxygens (including phenoxy) is 1. The number of nitrogens with one attached hydrogen (secondary N) is 2. The Morgan fingerprint density at radius 3 is 2.29 bits per heavy atom. The first-order valence-corrected chi connectivity index (χ1v) is 12.2. The van der Waals surface area contributed by atoms with E-state index < -0.39 is 18.1 Å². The van der Waals surface area contributed by atoms with Crippen molar-refractivity contribution >= 4 is 18.0 Å². The van der Waals surface area contributed by atoms with Crippen LogP contribution in [-0.2, 0) is 14.3 Å². The fraction of sp³-hybridized carbons (Fsp3) is 0.444. The molecule has 4 rings (SSSR count). The van der Waals surface area contributed by atoms with Gasteiger partial charge in [-0.15, -0.1) is 0 Å². The van der Waals surface area contributed by atoms with Crippen LogP contribution in [0, 0.1) is 11.8 Å². The molecule has 0 bridgehead atoms. The van der Waals surface area contributed by atoms with Crippen molar-refractivity contribution in [3.05, 3.63) is 59.7 Å². The molecular formula is C27H32N2O6. The number of hydrogen-bond donors (Lipinski definition) is 4. The summed E-state index contributed by atoms with van der Waals surface area (Å²) in [6, 6.07) is 15.3. The highest BCUT2D eigenvalue weighted by atomic mass is 16.5. The van der Waals surface area contributed by atoms with Gasteiger partial charge in [0.05, 0.1) is 0 Å². The van der Waals surface area contributed by atoms with E-state index in [1.54, 1.807) is 0 Å². The van der Waals surface area contributed by atoms with Gasteiger partial charge >= 0.3 is 12.1 Å². The first-order chi connectivity index (χ1) is 17.0. The number of carbonyl (C=O) groups excluding carboxylic acids is 2. The quantitative estimate of drug-likeness (QED) is 0.437. The van der Waals surface area contributed by atoms with Crippen LogP contribution in [0.25, 0.3) is 11.1 Å². The molecule has 0 aromatic heterocycles. The Morgan fingerprint density at radius 1 is 1.00 bits per heavy atom. The van der Waals surface area contributed by atoms with Gasteiger partial charge in [-0.2, -0.15) is 0 Å². The minimum absolute atomic E-state index is 0.00277. The van der Waals surface area contributed by atoms with Gasteiger partial charge in [0, 0.05) is 31.4 Å². The first-order valence-electron chi connectivity index (χ1n) is 12.2. The molecule has 3 atom stereocenters. The smallest absolute Gasteiger partial charge is 0.407 e. The van der Waals surface area contributed by atoms with Gasteiger partial charge in [0.2, 0.25) is 5.91 Å². The van der Waals surface area contributed by atoms with Crippen molar-refractivity contribution in [1.82, 2.24) is 10.6 Å². The summed E-state index contributed by atoms with van der Waals surface area (Å²) in [6.07, 6.45) is 2.45. The number of alkyl carbamates (subject to hydrolysis) is 1. The van der Waals surface area contributed by atoms with Crippen LogP contribution in [0.3, 0.4) is 0 Å². The van der Waals surface area contributed by atoms with E-state index in [0.29, 0.717) is 19.4 Å². The number of aliphatic hydroxyl groups excluding tert-OH is 1. The minimum atomic E-state index is -1.16. The van der Waals surface area contributed by atoms with Crippen molar-refractivity contribution in [2.24, 2.45) is 11.8 Å². The third-order valence-electron chi connectivity index (χ3n) is 7.06. The lowest BCUT2D eigenvalue weighted by atomic mass is 9.81. The normalized spacial score (nSPS) is 19.8. The summed E-state index contributed by atoms with van der Waals surface area (Å²) in [5, 5.41) is 23.6. The maximum absolute atomic E-state index is 12.6. The number of aliphatic hydroxyl groups is 1. The Labute approximate surface area is 204 Å². The Bertz CT molecular complexity index is 1030. The van der Waals surface area contributed by atoms with Gasteiger partial charge < -0.3 is 25.6 Å². The Balaban J connectivity index is 1.26. The Kier molecular flexibility index (Phi) is 8.02. The van der Waals surface area contributed by atoms with Crippen molar-refractivity contribution in [3.63, 3.8) is 0 Å². The maximum atomic E-state index is 12.6. The molecule has 1 saturated carbocycles. The van der Waals surface area contributed by atoms with Crippen LogP contribution in [0.2, 0.25) is 0 Å². The average molecular weight is 481 g/mol. The molecule has 3 unspecified atom stereocenters. The maximum Gasteiger partial charge on any atom is 0.407 e. The average Bonchev–Trinajstić information content (AvgIpc) is 3.19. The number of carbonyl (C=O) groups is 3. The first kappa shape index (κ1) is 24.7. The lowest BCUT2D eigenvalue weighted by Crippen LogP contribution is -2.45. The summed E-state index contributed by atoms with van der Waals surface area (Å²) in [5.41, 5.74) is 4.66. The zero-order valence-corrected chi connectivity index (χ0v) is 19.6. The second kappa shape index (κ2) is 11.4. The molecule has 2 aromatic carbocycles. The van der Waals surface area contributed by atoms with E-state index in [2.05, 4.69) is 34.9 Å². The number of carboxylic acids is 1. The molecule has 8 nitrogen and oxygen atoms in total. The lowest BCUT2D eigenvalue weighted by Gasteiger charge is -2.29. The van der Waals surface area contributed by atoms with Gasteiger partial charge in [-0.3, -0.25) is 4.79 Å². The molecule has 0 saturated heterocycles. The van der Waals surface area contributed by atoms with Crippen LogP contribution in [0.4, 0.5) is 4.79 Å². The third-order valence-corrected chi connectivity index (χ3v) is 7.06. The molecule has 1 fully saturated rings. The molecule has 35 heavy (non-hydrogen) atoms. The predicted octanol–water partition coefficient (Wildman–Crippen LogP) is 3.28. The molecule has 0 spiro atoms. The van der Waals surface area contributed by atoms with Crippen molar-refractivity contribution < 1.29 is 29.3 Å². The summed E-state index contributed by atoms with van der Waals surface area (Å²) in [4.78, 5) is 36.3. The number of fused-ring (bicyclic) bond motifs is 3. The number of amides is 2. The van der Waals surface area contributed by atoms with Crippen molar-refractivity contribution in [2.45, 2.75) is 44.1 Å². The van der Waals surface area contributed by atoms with E-state index in [9.17, 15) is 19.5 Å². The monoisotopic (exact) mass is 480 g/mol. The molecule has 0 heterocycles. The van der Waals surface area contributed by atoms with Crippen LogP contribution in [0.1, 0.15) is 49.1 Å². The van der Waals surface area contributed by atoms with E-state index in [-0.39, 0.29) is 43.3 Å². The molecule has 2 aliphatic carbocycles. The predicted molar refractivity (Wildman–Crippen MR) is 130 cm³/mol. The number of rotatable bonds is 9. The number of aliphatic carboxylic acids is 1. The fourth-order valence-electron chi connectivity index (χ4n) is 5.27. The van der Waals surface area contributed by atoms with Crippen LogP contribution < -0.4 is 10.6 Å². The van der Waals surface area contributed by atoms with Crippen LogP contribution >= 0.6 is 0 Å². The molecule has 186 valence electrons. The van der Waals surface area contributed by atoms with Gasteiger partial charge in [0.1, 0.15) is 12.6 Å². The van der Waals surface area contributed by atoms with Gasteiger partial charge in [-0.05, 0) is 47.4 Å². The molecular weight excluding hydrogens is 448 g/mol. The summed E-state index contributed by atoms with van der Waals surface area (Å²) in [5.74, 6) is -1.66. The summed E-state index contributed by atoms with van der Waals surface area (Å²) >= 11 is 0. The highest BCUT2D eigenvalue weighted by molar-refractivity contribution is 5.85. The van der Waals surface area contributed by atoms with Gasteiger partial charge in [-0.25, -0.2) is 9.59 Å². The molecule has 2 aromatic rings. The van der Waals surface area contributed by atoms with E-state index in [1.165, 1.54) is 11.1 Å². The lowest BCUT2D eigenvalue weighted by molar-refractivity contribution is -0.143. The zero-order chi connectivity index (χ0) is 24.8. The van der Waals surface area contributed by atoms with Gasteiger partial charge in [0.15, 0.2) is 0 Å². The largest absolute Gasteiger partial charge is 0.480 e. The Hall–Kier alpha value is -3.39. The van der Waals surface area contributed by atoms with Crippen LogP contribution in [0.15, 0.2) is 48.5 Å². The van der Waals surface area contributed by atoms with Crippen molar-refractivity contribution in [1.29, 1.82) is 0 Å². The third kappa shape index (κ3) is 5.82. The van der Waals surface area contributed by atoms with Crippen LogP contribution in [0.5, 0.6) is 0 Å². The number of hydrogen-bond acceptors (Lipinski definition) is 5. The second-order valence-corrected chi connectivity index (χ2v) is 9.35. The second-order valence-electron chi connectivity index (χ2n) is 9.35. The van der Waals surface area contributed by atoms with E-state index in [1.807, 2.05) is 24.3 Å². The summed E-state index contributed by atoms with van der Waals surface area (Å²) in [7, 11) is 0. The minimum Gasteiger partial charge on any atom is -0.480 e. The molecule has 0 radical (unpaired) electrons. The number of carboxylic acid groups (broad SMARTS) is 1. The highest BCUT2D eigenvalue weighted by Gasteiger charge is 2.31. The SMILES string of the molecule is O=C(NCC1CCCC(C(=O)NC(CCO)C(=O)O)C1)OCC1c2ccccc2-c2ccccc21. The van der Waals surface area contributed by atoms with E-state index in [0.717, 1.165) is 24.0 Å². The van der Waals surface area contributed by atoms with Crippen molar-refractivity contribution in [3.8, 4) is 11.1 Å². The van der Waals surface area contributed by atoms with Crippen LogP contribution in [-0.4, -0.2) is 54.0 Å². The fourth-order valence-corrected chi connectivity index (χ4v) is 5.27.